The highest BCUT2D eigenvalue weighted by Gasteiger charge is 2.26. The summed E-state index contributed by atoms with van der Waals surface area (Å²) in [6.07, 6.45) is 4.94. The van der Waals surface area contributed by atoms with E-state index >= 15 is 0 Å². The van der Waals surface area contributed by atoms with Gasteiger partial charge in [-0.2, -0.15) is 0 Å². The number of likely N-dealkylation sites (tertiary alicyclic amines) is 1. The number of ether oxygens (including phenoxy) is 2. The van der Waals surface area contributed by atoms with E-state index in [9.17, 15) is 14.3 Å². The number of hydrogen-bond donors (Lipinski definition) is 1. The lowest BCUT2D eigenvalue weighted by Crippen LogP contribution is -2.34. The van der Waals surface area contributed by atoms with Crippen molar-refractivity contribution in [3.05, 3.63) is 82.3 Å². The van der Waals surface area contributed by atoms with Crippen molar-refractivity contribution in [3.63, 3.8) is 0 Å². The monoisotopic (exact) mass is 553 g/mol. The Morgan fingerprint density at radius 2 is 1.95 bits per heavy atom. The molecule has 0 atom stereocenters. The summed E-state index contributed by atoms with van der Waals surface area (Å²) in [6, 6.07) is 9.50. The minimum absolute atomic E-state index is 0.0365. The van der Waals surface area contributed by atoms with Crippen molar-refractivity contribution < 1.29 is 23.8 Å². The van der Waals surface area contributed by atoms with Gasteiger partial charge < -0.3 is 19.1 Å². The fourth-order valence-corrected chi connectivity index (χ4v) is 5.09. The molecular formula is C28H29ClFN5O4. The van der Waals surface area contributed by atoms with E-state index in [1.54, 1.807) is 49.8 Å². The third-order valence-electron chi connectivity index (χ3n) is 7.00. The van der Waals surface area contributed by atoms with Crippen molar-refractivity contribution >= 4 is 28.6 Å². The van der Waals surface area contributed by atoms with Crippen LogP contribution in [-0.2, 0) is 24.4 Å². The normalized spacial score (nSPS) is 14.6. The van der Waals surface area contributed by atoms with Crippen LogP contribution < -0.4 is 4.74 Å². The van der Waals surface area contributed by atoms with Crippen LogP contribution in [0.15, 0.2) is 48.8 Å². The second-order valence-corrected chi connectivity index (χ2v) is 9.94. The topological polar surface area (TPSA) is 103 Å². The number of imidazole rings is 1. The van der Waals surface area contributed by atoms with Crippen molar-refractivity contribution in [2.75, 3.05) is 26.8 Å². The molecule has 11 heteroatoms. The van der Waals surface area contributed by atoms with Gasteiger partial charge in [0.05, 0.1) is 29.7 Å². The van der Waals surface area contributed by atoms with Crippen molar-refractivity contribution in [2.45, 2.75) is 38.5 Å². The molecule has 3 heterocycles. The maximum Gasteiger partial charge on any atom is 0.335 e. The van der Waals surface area contributed by atoms with Gasteiger partial charge in [0.1, 0.15) is 23.9 Å². The molecule has 9 nitrogen and oxygen atoms in total. The lowest BCUT2D eigenvalue weighted by Gasteiger charge is -2.31. The van der Waals surface area contributed by atoms with Crippen molar-refractivity contribution in [1.82, 2.24) is 24.4 Å². The zero-order valence-electron chi connectivity index (χ0n) is 21.5. The molecule has 0 radical (unpaired) electrons. The fourth-order valence-electron chi connectivity index (χ4n) is 4.94. The number of carboxylic acids is 1. The van der Waals surface area contributed by atoms with Gasteiger partial charge in [-0.1, -0.05) is 17.7 Å². The van der Waals surface area contributed by atoms with E-state index in [4.69, 9.17) is 26.1 Å². The molecule has 1 aliphatic rings. The first-order chi connectivity index (χ1) is 18.9. The first-order valence-corrected chi connectivity index (χ1v) is 13.1. The van der Waals surface area contributed by atoms with Crippen LogP contribution in [-0.4, -0.2) is 62.3 Å². The van der Waals surface area contributed by atoms with Gasteiger partial charge in [0.15, 0.2) is 0 Å². The van der Waals surface area contributed by atoms with Crippen LogP contribution >= 0.6 is 11.6 Å². The number of halogens is 2. The molecule has 5 rings (SSSR count). The third-order valence-corrected chi connectivity index (χ3v) is 7.24. The maximum absolute atomic E-state index is 14.2. The molecule has 0 spiro atoms. The third kappa shape index (κ3) is 6.19. The van der Waals surface area contributed by atoms with E-state index in [-0.39, 0.29) is 18.1 Å². The van der Waals surface area contributed by atoms with Crippen LogP contribution in [0.25, 0.3) is 11.0 Å². The number of fused-ring (bicyclic) bond motifs is 1. The van der Waals surface area contributed by atoms with Crippen LogP contribution in [0.4, 0.5) is 4.39 Å². The predicted octanol–water partition coefficient (Wildman–Crippen LogP) is 4.92. The number of carbonyl (C=O) groups is 1. The van der Waals surface area contributed by atoms with Crippen LogP contribution in [0.1, 0.15) is 46.2 Å². The summed E-state index contributed by atoms with van der Waals surface area (Å²) in [5.74, 6) is 0.0607. The van der Waals surface area contributed by atoms with E-state index in [0.29, 0.717) is 36.2 Å². The standard InChI is InChI=1S/C28H29ClFN5O4/c1-38-13-12-35-24-14-19(28(36)37)3-5-23(24)33-25(35)16-34-10-6-18(7-11-34)26-27(32-9-8-31-26)39-17-20-2-4-21(29)15-22(20)30/h2-5,8-9,14-15,18H,6-7,10-13,16-17H2,1H3,(H,36,37). The Balaban J connectivity index is 1.26. The molecule has 204 valence electrons. The van der Waals surface area contributed by atoms with Gasteiger partial charge in [-0.25, -0.2) is 19.2 Å². The quantitative estimate of drug-likeness (QED) is 0.295. The first kappa shape index (κ1) is 27.0. The SMILES string of the molecule is COCCn1c(CN2CCC(c3nccnc3OCc3ccc(Cl)cc3F)CC2)nc2ccc(C(=O)O)cc21. The lowest BCUT2D eigenvalue weighted by atomic mass is 9.93. The zero-order valence-corrected chi connectivity index (χ0v) is 22.3. The number of methoxy groups -OCH3 is 1. The van der Waals surface area contributed by atoms with Crippen LogP contribution in [0, 0.1) is 5.82 Å². The first-order valence-electron chi connectivity index (χ1n) is 12.7. The molecule has 1 N–H and O–H groups in total. The number of nitrogens with zero attached hydrogens (tertiary/aromatic N) is 5. The number of hydrogen-bond acceptors (Lipinski definition) is 7. The highest BCUT2D eigenvalue weighted by atomic mass is 35.5. The Labute approximate surface area is 230 Å². The van der Waals surface area contributed by atoms with Crippen LogP contribution in [0.5, 0.6) is 5.88 Å². The second kappa shape index (κ2) is 12.1. The molecular weight excluding hydrogens is 525 g/mol. The lowest BCUT2D eigenvalue weighted by molar-refractivity contribution is 0.0697. The summed E-state index contributed by atoms with van der Waals surface area (Å²) in [4.78, 5) is 27.6. The molecule has 1 saturated heterocycles. The molecule has 39 heavy (non-hydrogen) atoms. The predicted molar refractivity (Wildman–Crippen MR) is 144 cm³/mol. The summed E-state index contributed by atoms with van der Waals surface area (Å²) in [6.45, 7) is 3.38. The summed E-state index contributed by atoms with van der Waals surface area (Å²) >= 11 is 5.85. The Kier molecular flexibility index (Phi) is 8.35. The molecule has 1 fully saturated rings. The van der Waals surface area contributed by atoms with Gasteiger partial charge in [0, 0.05) is 42.6 Å². The molecule has 4 aromatic rings. The van der Waals surface area contributed by atoms with Gasteiger partial charge in [0.25, 0.3) is 0 Å². The molecule has 0 bridgehead atoms. The Bertz CT molecular complexity index is 1470. The minimum atomic E-state index is -0.967. The van der Waals surface area contributed by atoms with E-state index < -0.39 is 11.8 Å². The molecule has 2 aromatic heterocycles. The Morgan fingerprint density at radius 1 is 1.15 bits per heavy atom. The Hall–Kier alpha value is -3.60. The van der Waals surface area contributed by atoms with Crippen LogP contribution in [0.3, 0.4) is 0 Å². The summed E-state index contributed by atoms with van der Waals surface area (Å²) in [5.41, 5.74) is 2.96. The van der Waals surface area contributed by atoms with Gasteiger partial charge in [0.2, 0.25) is 5.88 Å². The van der Waals surface area contributed by atoms with E-state index in [2.05, 4.69) is 14.9 Å². The molecule has 0 unspecified atom stereocenters. The van der Waals surface area contributed by atoms with E-state index in [1.165, 1.54) is 6.07 Å². The van der Waals surface area contributed by atoms with Gasteiger partial charge in [-0.3, -0.25) is 9.88 Å². The largest absolute Gasteiger partial charge is 0.478 e. The van der Waals surface area contributed by atoms with E-state index in [1.807, 2.05) is 4.57 Å². The van der Waals surface area contributed by atoms with Crippen LogP contribution in [0.2, 0.25) is 5.02 Å². The molecule has 1 aliphatic heterocycles. The number of aromatic nitrogens is 4. The number of benzene rings is 2. The van der Waals surface area contributed by atoms with Crippen molar-refractivity contribution in [2.24, 2.45) is 0 Å². The average molecular weight is 554 g/mol. The highest BCUT2D eigenvalue weighted by Crippen LogP contribution is 2.32. The number of carboxylic acid groups (broad SMARTS) is 1. The fraction of sp³-hybridized carbons (Fsp3) is 0.357. The minimum Gasteiger partial charge on any atom is -0.478 e. The second-order valence-electron chi connectivity index (χ2n) is 9.50. The number of aromatic carboxylic acids is 1. The summed E-state index contributed by atoms with van der Waals surface area (Å²) in [5, 5.41) is 9.76. The number of rotatable bonds is 10. The molecule has 0 saturated carbocycles. The maximum atomic E-state index is 14.2. The number of piperidine rings is 1. The van der Waals surface area contributed by atoms with E-state index in [0.717, 1.165) is 48.5 Å². The van der Waals surface area contributed by atoms with Crippen molar-refractivity contribution in [1.29, 1.82) is 0 Å². The summed E-state index contributed by atoms with van der Waals surface area (Å²) in [7, 11) is 1.64. The highest BCUT2D eigenvalue weighted by molar-refractivity contribution is 6.30. The van der Waals surface area contributed by atoms with Gasteiger partial charge in [-0.05, 0) is 56.3 Å². The molecule has 2 aromatic carbocycles. The van der Waals surface area contributed by atoms with Gasteiger partial charge >= 0.3 is 5.97 Å². The molecule has 0 aliphatic carbocycles. The average Bonchev–Trinajstić information content (AvgIpc) is 3.28. The summed E-state index contributed by atoms with van der Waals surface area (Å²) < 4.78 is 27.4. The smallest absolute Gasteiger partial charge is 0.335 e. The zero-order chi connectivity index (χ0) is 27.4. The van der Waals surface area contributed by atoms with Gasteiger partial charge in [-0.15, -0.1) is 0 Å². The van der Waals surface area contributed by atoms with Crippen molar-refractivity contribution in [3.8, 4) is 5.88 Å². The molecule has 0 amide bonds. The Morgan fingerprint density at radius 3 is 2.69 bits per heavy atom.